The Morgan fingerprint density at radius 1 is 1.20 bits per heavy atom. The van der Waals surface area contributed by atoms with Gasteiger partial charge in [-0.15, -0.1) is 0 Å². The molecule has 0 bridgehead atoms. The molecule has 1 fully saturated rings. The van der Waals surface area contributed by atoms with Gasteiger partial charge in [-0.3, -0.25) is 4.84 Å². The molecule has 1 aromatic rings. The molecule has 1 aliphatic heterocycles. The van der Waals surface area contributed by atoms with Crippen LogP contribution in [0.3, 0.4) is 0 Å². The molecule has 2 amide bonds. The fourth-order valence-electron chi connectivity index (χ4n) is 1.95. The number of carbonyl (C=O) groups is 1. The third kappa shape index (κ3) is 2.88. The molecule has 1 heterocycles. The van der Waals surface area contributed by atoms with Gasteiger partial charge in [0, 0.05) is 12.1 Å². The van der Waals surface area contributed by atoms with Gasteiger partial charge >= 0.3 is 6.03 Å². The van der Waals surface area contributed by atoms with Gasteiger partial charge in [0.05, 0.1) is 40.2 Å². The van der Waals surface area contributed by atoms with Crippen molar-refractivity contribution in [2.75, 3.05) is 39.8 Å². The highest BCUT2D eigenvalue weighted by Crippen LogP contribution is 2.39. The Morgan fingerprint density at radius 2 is 1.85 bits per heavy atom. The summed E-state index contributed by atoms with van der Waals surface area (Å²) < 4.78 is 15.7. The zero-order valence-electron chi connectivity index (χ0n) is 11.8. The molecule has 0 spiro atoms. The summed E-state index contributed by atoms with van der Waals surface area (Å²) >= 11 is 0. The predicted octanol–water partition coefficient (Wildman–Crippen LogP) is 1.88. The van der Waals surface area contributed by atoms with Crippen LogP contribution in [0.2, 0.25) is 0 Å². The van der Waals surface area contributed by atoms with E-state index in [2.05, 4.69) is 5.32 Å². The second kappa shape index (κ2) is 6.33. The molecule has 1 aromatic carbocycles. The van der Waals surface area contributed by atoms with Crippen molar-refractivity contribution in [3.63, 3.8) is 0 Å². The SMILES string of the molecule is COc1cc(NC(=O)N2CCCO2)cc(OC)c1OC. The van der Waals surface area contributed by atoms with Crippen LogP contribution in [0.5, 0.6) is 17.2 Å². The molecule has 0 atom stereocenters. The standard InChI is InChI=1S/C13H18N2O5/c1-17-10-7-9(8-11(18-2)12(10)19-3)14-13(16)15-5-4-6-20-15/h7-8H,4-6H2,1-3H3,(H,14,16). The van der Waals surface area contributed by atoms with E-state index in [0.29, 0.717) is 36.1 Å². The summed E-state index contributed by atoms with van der Waals surface area (Å²) in [6.45, 7) is 1.14. The van der Waals surface area contributed by atoms with Gasteiger partial charge in [0.15, 0.2) is 11.5 Å². The van der Waals surface area contributed by atoms with Crippen molar-refractivity contribution in [3.8, 4) is 17.2 Å². The number of hydrogen-bond donors (Lipinski definition) is 1. The van der Waals surface area contributed by atoms with Gasteiger partial charge in [-0.1, -0.05) is 0 Å². The third-order valence-corrected chi connectivity index (χ3v) is 2.90. The minimum absolute atomic E-state index is 0.322. The number of urea groups is 1. The number of carbonyl (C=O) groups excluding carboxylic acids is 1. The highest BCUT2D eigenvalue weighted by Gasteiger charge is 2.21. The lowest BCUT2D eigenvalue weighted by Crippen LogP contribution is -2.31. The number of amides is 2. The number of ether oxygens (including phenoxy) is 3. The van der Waals surface area contributed by atoms with E-state index >= 15 is 0 Å². The molecule has 0 saturated carbocycles. The molecule has 7 nitrogen and oxygen atoms in total. The topological polar surface area (TPSA) is 69.3 Å². The lowest BCUT2D eigenvalue weighted by molar-refractivity contribution is -0.0614. The van der Waals surface area contributed by atoms with E-state index in [1.165, 1.54) is 26.4 Å². The van der Waals surface area contributed by atoms with Crippen LogP contribution in [-0.2, 0) is 4.84 Å². The highest BCUT2D eigenvalue weighted by atomic mass is 16.7. The van der Waals surface area contributed by atoms with Crippen molar-refractivity contribution < 1.29 is 23.8 Å². The number of nitrogens with one attached hydrogen (secondary N) is 1. The third-order valence-electron chi connectivity index (χ3n) is 2.90. The van der Waals surface area contributed by atoms with Crippen molar-refractivity contribution in [1.29, 1.82) is 0 Å². The molecule has 2 rings (SSSR count). The number of rotatable bonds is 4. The average Bonchev–Trinajstić information content (AvgIpc) is 3.00. The van der Waals surface area contributed by atoms with Crippen molar-refractivity contribution in [2.45, 2.75) is 6.42 Å². The van der Waals surface area contributed by atoms with Gasteiger partial charge in [-0.25, -0.2) is 9.86 Å². The summed E-state index contributed by atoms with van der Waals surface area (Å²) in [5.41, 5.74) is 0.542. The molecule has 0 aliphatic carbocycles. The average molecular weight is 282 g/mol. The summed E-state index contributed by atoms with van der Waals surface area (Å²) in [7, 11) is 4.57. The fraction of sp³-hybridized carbons (Fsp3) is 0.462. The van der Waals surface area contributed by atoms with Gasteiger partial charge in [-0.05, 0) is 6.42 Å². The van der Waals surface area contributed by atoms with Crippen LogP contribution in [-0.4, -0.2) is 45.6 Å². The van der Waals surface area contributed by atoms with Crippen LogP contribution in [0.15, 0.2) is 12.1 Å². The summed E-state index contributed by atoms with van der Waals surface area (Å²) in [6, 6.07) is 3.00. The van der Waals surface area contributed by atoms with Crippen molar-refractivity contribution in [2.24, 2.45) is 0 Å². The first-order chi connectivity index (χ1) is 9.69. The lowest BCUT2D eigenvalue weighted by atomic mass is 10.2. The number of nitrogens with zero attached hydrogens (tertiary/aromatic N) is 1. The van der Waals surface area contributed by atoms with Gasteiger partial charge in [0.1, 0.15) is 0 Å². The van der Waals surface area contributed by atoms with Crippen LogP contribution in [0.25, 0.3) is 0 Å². The maximum absolute atomic E-state index is 11.9. The molecular formula is C13H18N2O5. The highest BCUT2D eigenvalue weighted by molar-refractivity contribution is 5.89. The Morgan fingerprint density at radius 3 is 2.30 bits per heavy atom. The first kappa shape index (κ1) is 14.3. The molecule has 110 valence electrons. The van der Waals surface area contributed by atoms with E-state index in [0.717, 1.165) is 6.42 Å². The zero-order valence-corrected chi connectivity index (χ0v) is 11.8. The Labute approximate surface area is 117 Å². The lowest BCUT2D eigenvalue weighted by Gasteiger charge is -2.17. The van der Waals surface area contributed by atoms with Gasteiger partial charge < -0.3 is 19.5 Å². The van der Waals surface area contributed by atoms with Crippen LogP contribution in [0.4, 0.5) is 10.5 Å². The van der Waals surface area contributed by atoms with Gasteiger partial charge in [0.25, 0.3) is 0 Å². The Balaban J connectivity index is 2.21. The Hall–Kier alpha value is -2.15. The maximum Gasteiger partial charge on any atom is 0.345 e. The summed E-state index contributed by atoms with van der Waals surface area (Å²) in [6.07, 6.45) is 0.836. The number of benzene rings is 1. The molecule has 0 unspecified atom stereocenters. The quantitative estimate of drug-likeness (QED) is 0.913. The normalized spacial score (nSPS) is 14.1. The summed E-state index contributed by atoms with van der Waals surface area (Å²) in [5, 5.41) is 4.03. The van der Waals surface area contributed by atoms with Crippen molar-refractivity contribution in [1.82, 2.24) is 5.06 Å². The fourth-order valence-corrected chi connectivity index (χ4v) is 1.95. The minimum Gasteiger partial charge on any atom is -0.493 e. The first-order valence-corrected chi connectivity index (χ1v) is 6.21. The predicted molar refractivity (Wildman–Crippen MR) is 72.4 cm³/mol. The molecule has 7 heteroatoms. The molecule has 1 N–H and O–H groups in total. The first-order valence-electron chi connectivity index (χ1n) is 6.21. The van der Waals surface area contributed by atoms with Crippen LogP contribution >= 0.6 is 0 Å². The zero-order chi connectivity index (χ0) is 14.5. The van der Waals surface area contributed by atoms with Crippen LogP contribution in [0.1, 0.15) is 6.42 Å². The number of hydrogen-bond acceptors (Lipinski definition) is 5. The molecule has 0 radical (unpaired) electrons. The molecular weight excluding hydrogens is 264 g/mol. The Kier molecular flexibility index (Phi) is 4.52. The smallest absolute Gasteiger partial charge is 0.345 e. The number of hydroxylamine groups is 2. The van der Waals surface area contributed by atoms with Crippen molar-refractivity contribution in [3.05, 3.63) is 12.1 Å². The van der Waals surface area contributed by atoms with Gasteiger partial charge in [0.2, 0.25) is 5.75 Å². The van der Waals surface area contributed by atoms with Crippen LogP contribution < -0.4 is 19.5 Å². The summed E-state index contributed by atoms with van der Waals surface area (Å²) in [4.78, 5) is 17.1. The second-order valence-corrected chi connectivity index (χ2v) is 4.13. The molecule has 20 heavy (non-hydrogen) atoms. The maximum atomic E-state index is 11.9. The number of anilines is 1. The Bertz CT molecular complexity index is 461. The van der Waals surface area contributed by atoms with E-state index in [4.69, 9.17) is 19.0 Å². The van der Waals surface area contributed by atoms with Crippen LogP contribution in [0, 0.1) is 0 Å². The van der Waals surface area contributed by atoms with E-state index in [1.807, 2.05) is 0 Å². The minimum atomic E-state index is -0.322. The molecule has 0 aromatic heterocycles. The summed E-state index contributed by atoms with van der Waals surface area (Å²) in [5.74, 6) is 1.43. The monoisotopic (exact) mass is 282 g/mol. The number of methoxy groups -OCH3 is 3. The van der Waals surface area contributed by atoms with E-state index in [1.54, 1.807) is 12.1 Å². The molecule has 1 saturated heterocycles. The van der Waals surface area contributed by atoms with E-state index < -0.39 is 0 Å². The van der Waals surface area contributed by atoms with E-state index in [9.17, 15) is 4.79 Å². The molecule has 1 aliphatic rings. The second-order valence-electron chi connectivity index (χ2n) is 4.13. The van der Waals surface area contributed by atoms with E-state index in [-0.39, 0.29) is 6.03 Å². The van der Waals surface area contributed by atoms with Gasteiger partial charge in [-0.2, -0.15) is 0 Å². The largest absolute Gasteiger partial charge is 0.493 e. The van der Waals surface area contributed by atoms with Crippen molar-refractivity contribution >= 4 is 11.7 Å².